The molecule has 0 aliphatic carbocycles. The molecule has 1 aromatic heterocycles. The minimum Gasteiger partial charge on any atom is -0.368 e. The van der Waals surface area contributed by atoms with E-state index in [0.717, 1.165) is 18.8 Å². The van der Waals surface area contributed by atoms with Crippen molar-refractivity contribution in [1.82, 2.24) is 9.88 Å². The number of rotatable bonds is 4. The van der Waals surface area contributed by atoms with E-state index in [1.165, 1.54) is 35.6 Å². The highest BCUT2D eigenvalue weighted by molar-refractivity contribution is 7.14. The molecule has 1 fully saturated rings. The Morgan fingerprint density at radius 2 is 1.63 bits per heavy atom. The molecule has 3 aromatic rings. The lowest BCUT2D eigenvalue weighted by Gasteiger charge is -2.35. The van der Waals surface area contributed by atoms with Gasteiger partial charge in [0.15, 0.2) is 5.13 Å². The summed E-state index contributed by atoms with van der Waals surface area (Å²) in [5.74, 6) is -0.528. The molecule has 154 valence electrons. The second-order valence-corrected chi connectivity index (χ2v) is 7.60. The van der Waals surface area contributed by atoms with Crippen molar-refractivity contribution < 1.29 is 14.0 Å². The SMILES string of the molecule is O=C(Nc1ccc(F)cc1)Nc1nc(C(=O)N2CCN(c3ccccc3)CC2)cs1. The predicted octanol–water partition coefficient (Wildman–Crippen LogP) is 3.89. The lowest BCUT2D eigenvalue weighted by molar-refractivity contribution is 0.0741. The van der Waals surface area contributed by atoms with E-state index in [9.17, 15) is 14.0 Å². The number of aromatic nitrogens is 1. The van der Waals surface area contributed by atoms with E-state index in [1.807, 2.05) is 18.2 Å². The Labute approximate surface area is 177 Å². The van der Waals surface area contributed by atoms with Crippen molar-refractivity contribution in [2.45, 2.75) is 0 Å². The number of hydrogen-bond donors (Lipinski definition) is 2. The number of piperazine rings is 1. The maximum atomic E-state index is 12.9. The molecule has 2 aromatic carbocycles. The Bertz CT molecular complexity index is 1020. The summed E-state index contributed by atoms with van der Waals surface area (Å²) >= 11 is 1.18. The quantitative estimate of drug-likeness (QED) is 0.665. The van der Waals surface area contributed by atoms with Crippen molar-refractivity contribution in [2.24, 2.45) is 0 Å². The highest BCUT2D eigenvalue weighted by Gasteiger charge is 2.24. The molecule has 0 atom stereocenters. The normalized spacial score (nSPS) is 13.8. The largest absolute Gasteiger partial charge is 0.368 e. The lowest BCUT2D eigenvalue weighted by atomic mass is 10.2. The van der Waals surface area contributed by atoms with Crippen LogP contribution in [0.1, 0.15) is 10.5 Å². The smallest absolute Gasteiger partial charge is 0.325 e. The number of hydrogen-bond acceptors (Lipinski definition) is 5. The number of nitrogens with one attached hydrogen (secondary N) is 2. The Morgan fingerprint density at radius 1 is 0.933 bits per heavy atom. The van der Waals surface area contributed by atoms with E-state index in [4.69, 9.17) is 0 Å². The third-order valence-corrected chi connectivity index (χ3v) is 5.49. The summed E-state index contributed by atoms with van der Waals surface area (Å²) in [7, 11) is 0. The fraction of sp³-hybridized carbons (Fsp3) is 0.190. The Hall–Kier alpha value is -3.46. The topological polar surface area (TPSA) is 77.6 Å². The van der Waals surface area contributed by atoms with Gasteiger partial charge in [0.1, 0.15) is 11.5 Å². The highest BCUT2D eigenvalue weighted by atomic mass is 32.1. The van der Waals surface area contributed by atoms with E-state index >= 15 is 0 Å². The third-order valence-electron chi connectivity index (χ3n) is 4.73. The number of anilines is 3. The van der Waals surface area contributed by atoms with Crippen LogP contribution in [0, 0.1) is 5.82 Å². The number of benzene rings is 2. The first-order valence-electron chi connectivity index (χ1n) is 9.47. The maximum Gasteiger partial charge on any atom is 0.325 e. The van der Waals surface area contributed by atoms with Crippen LogP contribution in [0.25, 0.3) is 0 Å². The molecular weight excluding hydrogens is 405 g/mol. The maximum absolute atomic E-state index is 12.9. The van der Waals surface area contributed by atoms with Gasteiger partial charge in [0.05, 0.1) is 0 Å². The van der Waals surface area contributed by atoms with Crippen LogP contribution in [-0.2, 0) is 0 Å². The van der Waals surface area contributed by atoms with Crippen molar-refractivity contribution >= 4 is 39.8 Å². The van der Waals surface area contributed by atoms with Crippen LogP contribution in [0.3, 0.4) is 0 Å². The van der Waals surface area contributed by atoms with Crippen LogP contribution in [0.2, 0.25) is 0 Å². The van der Waals surface area contributed by atoms with Gasteiger partial charge in [-0.05, 0) is 36.4 Å². The zero-order valence-corrected chi connectivity index (χ0v) is 16.9. The van der Waals surface area contributed by atoms with E-state index in [2.05, 4.69) is 32.7 Å². The molecular formula is C21H20FN5O2S. The molecule has 2 N–H and O–H groups in total. The summed E-state index contributed by atoms with van der Waals surface area (Å²) in [6, 6.07) is 15.0. The number of urea groups is 1. The van der Waals surface area contributed by atoms with Crippen molar-refractivity contribution in [3.63, 3.8) is 0 Å². The molecule has 0 unspecified atom stereocenters. The van der Waals surface area contributed by atoms with Crippen molar-refractivity contribution in [3.05, 3.63) is 71.5 Å². The molecule has 4 rings (SSSR count). The molecule has 0 spiro atoms. The van der Waals surface area contributed by atoms with Crippen LogP contribution in [0.4, 0.5) is 25.7 Å². The number of thiazole rings is 1. The van der Waals surface area contributed by atoms with Crippen LogP contribution >= 0.6 is 11.3 Å². The molecule has 0 bridgehead atoms. The number of carbonyl (C=O) groups excluding carboxylic acids is 2. The Morgan fingerprint density at radius 3 is 2.33 bits per heavy atom. The number of amides is 3. The molecule has 1 aliphatic rings. The van der Waals surface area contributed by atoms with E-state index in [1.54, 1.807) is 10.3 Å². The molecule has 2 heterocycles. The van der Waals surface area contributed by atoms with E-state index in [-0.39, 0.29) is 11.7 Å². The predicted molar refractivity (Wildman–Crippen MR) is 116 cm³/mol. The summed E-state index contributed by atoms with van der Waals surface area (Å²) in [5, 5.41) is 7.14. The zero-order valence-electron chi connectivity index (χ0n) is 16.0. The molecule has 0 saturated carbocycles. The molecule has 0 radical (unpaired) electrons. The van der Waals surface area contributed by atoms with Crippen LogP contribution < -0.4 is 15.5 Å². The Balaban J connectivity index is 1.31. The molecule has 3 amide bonds. The third kappa shape index (κ3) is 4.74. The molecule has 30 heavy (non-hydrogen) atoms. The van der Waals surface area contributed by atoms with Crippen LogP contribution in [0.5, 0.6) is 0 Å². The summed E-state index contributed by atoms with van der Waals surface area (Å²) < 4.78 is 12.9. The second kappa shape index (κ2) is 8.91. The average Bonchev–Trinajstić information content (AvgIpc) is 3.24. The zero-order chi connectivity index (χ0) is 20.9. The fourth-order valence-corrected chi connectivity index (χ4v) is 3.87. The summed E-state index contributed by atoms with van der Waals surface area (Å²) in [4.78, 5) is 33.1. The lowest BCUT2D eigenvalue weighted by Crippen LogP contribution is -2.48. The summed E-state index contributed by atoms with van der Waals surface area (Å²) in [6.07, 6.45) is 0. The first kappa shape index (κ1) is 19.8. The first-order valence-corrected chi connectivity index (χ1v) is 10.3. The number of para-hydroxylation sites is 1. The molecule has 9 heteroatoms. The van der Waals surface area contributed by atoms with Crippen LogP contribution in [-0.4, -0.2) is 48.0 Å². The van der Waals surface area contributed by atoms with Gasteiger partial charge in [-0.25, -0.2) is 14.2 Å². The number of halogens is 1. The van der Waals surface area contributed by atoms with Gasteiger partial charge in [-0.15, -0.1) is 11.3 Å². The van der Waals surface area contributed by atoms with Crippen molar-refractivity contribution in [1.29, 1.82) is 0 Å². The standard InChI is InChI=1S/C21H20FN5O2S/c22-15-6-8-16(9-7-15)23-20(29)25-21-24-18(14-30-21)19(28)27-12-10-26(11-13-27)17-4-2-1-3-5-17/h1-9,14H,10-13H2,(H2,23,24,25,29). The van der Waals surface area contributed by atoms with Gasteiger partial charge in [-0.1, -0.05) is 18.2 Å². The fourth-order valence-electron chi connectivity index (χ4n) is 3.19. The van der Waals surface area contributed by atoms with Gasteiger partial charge < -0.3 is 15.1 Å². The van der Waals surface area contributed by atoms with E-state index < -0.39 is 6.03 Å². The minimum atomic E-state index is -0.508. The summed E-state index contributed by atoms with van der Waals surface area (Å²) in [6.45, 7) is 2.73. The number of carbonyl (C=O) groups is 2. The van der Waals surface area contributed by atoms with Gasteiger partial charge in [0.2, 0.25) is 0 Å². The highest BCUT2D eigenvalue weighted by Crippen LogP contribution is 2.20. The van der Waals surface area contributed by atoms with Gasteiger partial charge in [0, 0.05) is 42.9 Å². The minimum absolute atomic E-state index is 0.147. The first-order chi connectivity index (χ1) is 14.6. The van der Waals surface area contributed by atoms with Crippen molar-refractivity contribution in [2.75, 3.05) is 41.7 Å². The van der Waals surface area contributed by atoms with Gasteiger partial charge in [-0.3, -0.25) is 10.1 Å². The van der Waals surface area contributed by atoms with Crippen molar-refractivity contribution in [3.8, 4) is 0 Å². The second-order valence-electron chi connectivity index (χ2n) is 6.74. The van der Waals surface area contributed by atoms with Crippen LogP contribution in [0.15, 0.2) is 60.0 Å². The van der Waals surface area contributed by atoms with E-state index in [0.29, 0.717) is 29.6 Å². The van der Waals surface area contributed by atoms with Gasteiger partial charge >= 0.3 is 6.03 Å². The number of nitrogens with zero attached hydrogens (tertiary/aromatic N) is 3. The Kier molecular flexibility index (Phi) is 5.89. The molecule has 1 aliphatic heterocycles. The average molecular weight is 425 g/mol. The van der Waals surface area contributed by atoms with Gasteiger partial charge in [-0.2, -0.15) is 0 Å². The molecule has 7 nitrogen and oxygen atoms in total. The summed E-state index contributed by atoms with van der Waals surface area (Å²) in [5.41, 5.74) is 1.92. The van der Waals surface area contributed by atoms with Gasteiger partial charge in [0.25, 0.3) is 5.91 Å². The monoisotopic (exact) mass is 425 g/mol. The molecule has 1 saturated heterocycles.